The molecule has 0 unspecified atom stereocenters. The highest BCUT2D eigenvalue weighted by Gasteiger charge is 2.78. The van der Waals surface area contributed by atoms with E-state index in [0.717, 1.165) is 0 Å². The molecule has 26 heavy (non-hydrogen) atoms. The summed E-state index contributed by atoms with van der Waals surface area (Å²) in [7, 11) is -6.47. The van der Waals surface area contributed by atoms with Crippen LogP contribution in [0.25, 0.3) is 0 Å². The van der Waals surface area contributed by atoms with Crippen LogP contribution in [0.15, 0.2) is 19.9 Å². The molecule has 0 atom stereocenters. The number of rotatable bonds is 4. The quantitative estimate of drug-likeness (QED) is 0.248. The highest BCUT2D eigenvalue weighted by molar-refractivity contribution is 9.39. The Bertz CT molecular complexity index is 802. The van der Waals surface area contributed by atoms with Crippen LogP contribution in [0.4, 0.5) is 30.7 Å². The zero-order chi connectivity index (χ0) is 20.9. The van der Waals surface area contributed by atoms with E-state index in [1.54, 1.807) is 0 Å². The van der Waals surface area contributed by atoms with E-state index in [9.17, 15) is 39.2 Å². The third kappa shape index (κ3) is 4.79. The van der Waals surface area contributed by atoms with Gasteiger partial charge in [0.2, 0.25) is 0 Å². The number of hydrogen-bond donors (Lipinski definition) is 0. The third-order valence-corrected chi connectivity index (χ3v) is 6.59. The molecule has 1 radical (unpaired) electrons. The van der Waals surface area contributed by atoms with Crippen molar-refractivity contribution in [1.82, 2.24) is 0 Å². The second-order valence-electron chi connectivity index (χ2n) is 4.66. The summed E-state index contributed by atoms with van der Waals surface area (Å²) in [6.07, 6.45) is -7.25. The van der Waals surface area contributed by atoms with Crippen LogP contribution in [0.1, 0.15) is 5.56 Å². The van der Waals surface area contributed by atoms with Gasteiger partial charge in [-0.05, 0) is 27.6 Å². The Kier molecular flexibility index (Phi) is 7.46. The van der Waals surface area contributed by atoms with Crippen molar-refractivity contribution in [3.63, 3.8) is 0 Å². The Labute approximate surface area is 184 Å². The molecule has 0 N–H and O–H groups in total. The van der Waals surface area contributed by atoms with Gasteiger partial charge in [0.25, 0.3) is 9.84 Å². The van der Waals surface area contributed by atoms with Gasteiger partial charge >= 0.3 is 17.4 Å². The monoisotopic (exact) mass is 727 g/mol. The zero-order valence-electron chi connectivity index (χ0n) is 11.5. The molecule has 2 nitrogen and oxygen atoms in total. The number of hydrogen-bond acceptors (Lipinski definition) is 2. The molecule has 0 heterocycles. The van der Waals surface area contributed by atoms with Crippen molar-refractivity contribution in [2.75, 3.05) is 0 Å². The van der Waals surface area contributed by atoms with Crippen molar-refractivity contribution < 1.29 is 39.2 Å². The van der Waals surface area contributed by atoms with Crippen molar-refractivity contribution in [3.8, 4) is 0 Å². The molecule has 0 saturated carbocycles. The lowest BCUT2D eigenvalue weighted by Crippen LogP contribution is -2.56. The lowest BCUT2D eigenvalue weighted by atomic mass is 10.2. The maximum atomic E-state index is 13.9. The second-order valence-corrected chi connectivity index (χ2v) is 15.5. The Balaban J connectivity index is 3.79. The predicted octanol–water partition coefficient (Wildman–Crippen LogP) is 6.96. The molecule has 0 spiro atoms. The lowest BCUT2D eigenvalue weighted by molar-refractivity contribution is -0.332. The molecule has 0 bridgehead atoms. The first-order chi connectivity index (χ1) is 11.3. The summed E-state index contributed by atoms with van der Waals surface area (Å²) in [4.78, 5) is -1.42. The Morgan fingerprint density at radius 2 is 1.42 bits per heavy atom. The predicted molar refractivity (Wildman–Crippen MR) is 97.0 cm³/mol. The topological polar surface area (TPSA) is 34.1 Å². The first-order valence-electron chi connectivity index (χ1n) is 5.79. The van der Waals surface area contributed by atoms with Gasteiger partial charge < -0.3 is 0 Å². The van der Waals surface area contributed by atoms with Crippen LogP contribution in [0.2, 0.25) is 0 Å². The molecule has 15 heteroatoms. The summed E-state index contributed by atoms with van der Waals surface area (Å²) in [5.74, 6) is -6.82. The minimum Gasteiger partial charge on any atom is -0.217 e. The van der Waals surface area contributed by atoms with Crippen LogP contribution in [0.3, 0.4) is 0 Å². The minimum absolute atomic E-state index is 0.237. The van der Waals surface area contributed by atoms with Crippen molar-refractivity contribution in [2.24, 2.45) is 0 Å². The van der Waals surface area contributed by atoms with E-state index in [2.05, 4.69) is 85.7 Å². The van der Waals surface area contributed by atoms with Crippen LogP contribution >= 0.6 is 79.6 Å². The fourth-order valence-electron chi connectivity index (χ4n) is 1.60. The highest BCUT2D eigenvalue weighted by Crippen LogP contribution is 2.52. The average Bonchev–Trinajstić information content (AvgIpc) is 2.38. The van der Waals surface area contributed by atoms with E-state index in [1.807, 2.05) is 0 Å². The van der Waals surface area contributed by atoms with Crippen LogP contribution in [-0.2, 0) is 16.3 Å². The van der Waals surface area contributed by atoms with Crippen LogP contribution in [-0.4, -0.2) is 27.9 Å². The first-order valence-corrected chi connectivity index (χ1v) is 11.2. The van der Waals surface area contributed by atoms with Crippen LogP contribution < -0.4 is 0 Å². The fourth-order valence-corrected chi connectivity index (χ4v) is 5.49. The van der Waals surface area contributed by atoms with Crippen LogP contribution in [0, 0.1) is 6.07 Å². The van der Waals surface area contributed by atoms with E-state index in [4.69, 9.17) is 0 Å². The first kappa shape index (κ1) is 25.1. The van der Waals surface area contributed by atoms with Gasteiger partial charge in [0.1, 0.15) is 2.14 Å². The summed E-state index contributed by atoms with van der Waals surface area (Å²) in [5, 5.41) is -6.46. The molecule has 0 aromatic heterocycles. The summed E-state index contributed by atoms with van der Waals surface area (Å²) >= 11 is 14.5. The molecule has 1 aromatic carbocycles. The van der Waals surface area contributed by atoms with E-state index >= 15 is 0 Å². The number of alkyl halides is 10. The van der Waals surface area contributed by atoms with Gasteiger partial charge in [-0.1, -0.05) is 63.7 Å². The van der Waals surface area contributed by atoms with Gasteiger partial charge in [0.05, 0.1) is 4.90 Å². The minimum atomic E-state index is -6.82. The van der Waals surface area contributed by atoms with Gasteiger partial charge in [-0.15, -0.1) is 0 Å². The second kappa shape index (κ2) is 7.73. The molecule has 0 saturated heterocycles. The van der Waals surface area contributed by atoms with Gasteiger partial charge in [-0.25, -0.2) is 8.42 Å². The molecule has 0 amide bonds. The summed E-state index contributed by atoms with van der Waals surface area (Å²) in [6, 6.07) is 2.91. The van der Waals surface area contributed by atoms with E-state index in [0.29, 0.717) is 6.07 Å². The Morgan fingerprint density at radius 1 is 0.962 bits per heavy atom. The SMILES string of the molecule is O=S(=O)(c1cc(Br)[c]c(Br)c1CC(Br)(Br)Br)C(F)(F)C(F)(F)C(F)(F)F. The van der Waals surface area contributed by atoms with Crippen molar-refractivity contribution in [3.05, 3.63) is 26.6 Å². The average molecular weight is 732 g/mol. The summed E-state index contributed by atoms with van der Waals surface area (Å²) in [5.41, 5.74) is -0.517. The molecule has 1 rings (SSSR count). The highest BCUT2D eigenvalue weighted by atomic mass is 80.0. The Morgan fingerprint density at radius 3 is 1.81 bits per heavy atom. The van der Waals surface area contributed by atoms with Gasteiger partial charge in [-0.2, -0.15) is 30.7 Å². The molecule has 1 aromatic rings. The molecule has 0 aliphatic rings. The molecular formula is C11H3Br5F7O2S. The number of halogens is 12. The maximum absolute atomic E-state index is 13.9. The summed E-state index contributed by atoms with van der Waals surface area (Å²) in [6.45, 7) is 0. The smallest absolute Gasteiger partial charge is 0.217 e. The van der Waals surface area contributed by atoms with Crippen molar-refractivity contribution in [1.29, 1.82) is 0 Å². The third-order valence-electron chi connectivity index (χ3n) is 2.78. The van der Waals surface area contributed by atoms with Gasteiger partial charge in [-0.3, -0.25) is 0 Å². The molecule has 149 valence electrons. The van der Waals surface area contributed by atoms with Crippen LogP contribution in [0.5, 0.6) is 0 Å². The molecule has 0 aliphatic carbocycles. The molecule has 0 fully saturated rings. The zero-order valence-corrected chi connectivity index (χ0v) is 20.3. The summed E-state index contributed by atoms with van der Waals surface area (Å²) < 4.78 is 114. The molecule has 0 aliphatic heterocycles. The van der Waals surface area contributed by atoms with E-state index in [1.165, 1.54) is 0 Å². The van der Waals surface area contributed by atoms with E-state index in [-0.39, 0.29) is 8.95 Å². The standard InChI is InChI=1S/C11H3Br5F7O2S/c12-4-1-6(13)5(3-8(14,15)16)7(2-4)26(24,25)11(22,23)9(17,18)10(19,20)21/h2H,3H2. The van der Waals surface area contributed by atoms with Crippen molar-refractivity contribution in [2.45, 2.75) is 30.8 Å². The maximum Gasteiger partial charge on any atom is 0.461 e. The van der Waals surface area contributed by atoms with E-state index < -0.39 is 46.2 Å². The largest absolute Gasteiger partial charge is 0.461 e. The number of benzene rings is 1. The lowest BCUT2D eigenvalue weighted by Gasteiger charge is -2.29. The normalized spacial score (nSPS) is 14.6. The Hall–Kier alpha value is 1.08. The van der Waals surface area contributed by atoms with Gasteiger partial charge in [0.15, 0.2) is 0 Å². The fraction of sp³-hybridized carbons (Fsp3) is 0.455. The van der Waals surface area contributed by atoms with Gasteiger partial charge in [0, 0.05) is 21.4 Å². The number of sulfone groups is 1. The van der Waals surface area contributed by atoms with Crippen molar-refractivity contribution >= 4 is 89.5 Å². The molecular weight excluding hydrogens is 729 g/mol.